The fourth-order valence-corrected chi connectivity index (χ4v) is 3.26. The second-order valence-corrected chi connectivity index (χ2v) is 5.79. The van der Waals surface area contributed by atoms with E-state index in [9.17, 15) is 0 Å². The zero-order chi connectivity index (χ0) is 11.7. The smallest absolute Gasteiger partial charge is 0.183 e. The maximum atomic E-state index is 4.64. The van der Waals surface area contributed by atoms with Gasteiger partial charge in [0.25, 0.3) is 0 Å². The minimum Gasteiger partial charge on any atom is -0.361 e. The van der Waals surface area contributed by atoms with Crippen LogP contribution in [-0.4, -0.2) is 11.5 Å². The Morgan fingerprint density at radius 2 is 2.12 bits per heavy atom. The molecule has 1 N–H and O–H groups in total. The average Bonchev–Trinajstić information content (AvgIpc) is 2.66. The lowest BCUT2D eigenvalue weighted by molar-refractivity contribution is 0.977. The van der Waals surface area contributed by atoms with Gasteiger partial charge in [-0.1, -0.05) is 34.2 Å². The van der Waals surface area contributed by atoms with E-state index < -0.39 is 0 Å². The Labute approximate surface area is 108 Å². The molecule has 1 heterocycles. The Morgan fingerprint density at radius 1 is 1.38 bits per heavy atom. The molecule has 0 aliphatic carbocycles. The molecule has 0 saturated heterocycles. The normalized spacial score (nSPS) is 11.0. The molecule has 0 atom stereocenters. The molecule has 2 nitrogen and oxygen atoms in total. The highest BCUT2D eigenvalue weighted by Crippen LogP contribution is 2.33. The van der Waals surface area contributed by atoms with Gasteiger partial charge in [0, 0.05) is 11.0 Å². The van der Waals surface area contributed by atoms with Crippen LogP contribution in [0.4, 0.5) is 5.13 Å². The van der Waals surface area contributed by atoms with Gasteiger partial charge in [0.15, 0.2) is 5.13 Å². The van der Waals surface area contributed by atoms with E-state index in [-0.39, 0.29) is 0 Å². The van der Waals surface area contributed by atoms with Gasteiger partial charge in [-0.25, -0.2) is 4.98 Å². The first-order valence-corrected chi connectivity index (χ1v) is 7.04. The van der Waals surface area contributed by atoms with E-state index in [1.54, 1.807) is 11.3 Å². The molecule has 2 aromatic rings. The molecule has 0 fully saturated rings. The molecule has 2 rings (SSSR count). The van der Waals surface area contributed by atoms with Crippen LogP contribution in [-0.2, 0) is 0 Å². The number of aromatic nitrogens is 1. The standard InChI is InChI=1S/C12H15BrN2S/c1-4-5-14-12-15-11-8(3)7(2)9(13)6-10(11)16-12/h6H,4-5H2,1-3H3,(H,14,15). The summed E-state index contributed by atoms with van der Waals surface area (Å²) in [6.45, 7) is 7.40. The molecule has 0 unspecified atom stereocenters. The summed E-state index contributed by atoms with van der Waals surface area (Å²) in [6, 6.07) is 2.16. The number of hydrogen-bond donors (Lipinski definition) is 1. The SMILES string of the molecule is CCCNc1nc2c(C)c(C)c(Br)cc2s1. The number of nitrogens with zero attached hydrogens (tertiary/aromatic N) is 1. The van der Waals surface area contributed by atoms with Crippen molar-refractivity contribution in [2.45, 2.75) is 27.2 Å². The molecule has 0 aliphatic heterocycles. The topological polar surface area (TPSA) is 24.9 Å². The van der Waals surface area contributed by atoms with E-state index in [0.29, 0.717) is 0 Å². The molecule has 0 spiro atoms. The summed E-state index contributed by atoms with van der Waals surface area (Å²) in [6.07, 6.45) is 1.12. The zero-order valence-electron chi connectivity index (χ0n) is 9.72. The van der Waals surface area contributed by atoms with E-state index in [0.717, 1.165) is 23.6 Å². The van der Waals surface area contributed by atoms with Gasteiger partial charge in [0.2, 0.25) is 0 Å². The first-order valence-electron chi connectivity index (χ1n) is 5.43. The van der Waals surface area contributed by atoms with Crippen LogP contribution >= 0.6 is 27.3 Å². The van der Waals surface area contributed by atoms with Crippen molar-refractivity contribution in [3.05, 3.63) is 21.7 Å². The van der Waals surface area contributed by atoms with Crippen LogP contribution in [0.15, 0.2) is 10.5 Å². The summed E-state index contributed by atoms with van der Waals surface area (Å²) >= 11 is 5.31. The van der Waals surface area contributed by atoms with Gasteiger partial charge in [-0.05, 0) is 37.5 Å². The number of hydrogen-bond acceptors (Lipinski definition) is 3. The van der Waals surface area contributed by atoms with Gasteiger partial charge >= 0.3 is 0 Å². The highest BCUT2D eigenvalue weighted by molar-refractivity contribution is 9.10. The van der Waals surface area contributed by atoms with Gasteiger partial charge in [-0.3, -0.25) is 0 Å². The Hall–Kier alpha value is -0.610. The van der Waals surface area contributed by atoms with Crippen LogP contribution < -0.4 is 5.32 Å². The van der Waals surface area contributed by atoms with Gasteiger partial charge in [-0.15, -0.1) is 0 Å². The Morgan fingerprint density at radius 3 is 2.81 bits per heavy atom. The third kappa shape index (κ3) is 2.09. The van der Waals surface area contributed by atoms with E-state index in [1.165, 1.54) is 20.3 Å². The zero-order valence-corrected chi connectivity index (χ0v) is 12.1. The van der Waals surface area contributed by atoms with Crippen molar-refractivity contribution in [2.75, 3.05) is 11.9 Å². The first kappa shape index (κ1) is 11.9. The monoisotopic (exact) mass is 298 g/mol. The molecule has 1 aromatic carbocycles. The number of rotatable bonds is 3. The van der Waals surface area contributed by atoms with E-state index in [4.69, 9.17) is 0 Å². The first-order chi connectivity index (χ1) is 7.63. The number of benzene rings is 1. The predicted octanol–water partition coefficient (Wildman–Crippen LogP) is 4.50. The minimum absolute atomic E-state index is 0.985. The molecule has 4 heteroatoms. The minimum atomic E-state index is 0.985. The lowest BCUT2D eigenvalue weighted by atomic mass is 10.1. The molecule has 1 aromatic heterocycles. The van der Waals surface area contributed by atoms with Crippen LogP contribution in [0.25, 0.3) is 10.2 Å². The lowest BCUT2D eigenvalue weighted by Gasteiger charge is -2.02. The van der Waals surface area contributed by atoms with Crippen LogP contribution in [0.5, 0.6) is 0 Å². The number of aryl methyl sites for hydroxylation is 1. The Balaban J connectivity index is 2.49. The maximum Gasteiger partial charge on any atom is 0.183 e. The van der Waals surface area contributed by atoms with Crippen LogP contribution in [0.1, 0.15) is 24.5 Å². The molecule has 0 bridgehead atoms. The number of thiazole rings is 1. The van der Waals surface area contributed by atoms with Crippen LogP contribution in [0.2, 0.25) is 0 Å². The van der Waals surface area contributed by atoms with Crippen molar-refractivity contribution in [1.82, 2.24) is 4.98 Å². The van der Waals surface area contributed by atoms with Crippen molar-refractivity contribution < 1.29 is 0 Å². The fourth-order valence-electron chi connectivity index (χ4n) is 1.59. The molecule has 0 amide bonds. The third-order valence-electron chi connectivity index (χ3n) is 2.71. The summed E-state index contributed by atoms with van der Waals surface area (Å²) in [5.41, 5.74) is 3.68. The third-order valence-corrected chi connectivity index (χ3v) is 4.50. The lowest BCUT2D eigenvalue weighted by Crippen LogP contribution is -1.98. The summed E-state index contributed by atoms with van der Waals surface area (Å²) in [5.74, 6) is 0. The van der Waals surface area contributed by atoms with Crippen molar-refractivity contribution in [3.63, 3.8) is 0 Å². The van der Waals surface area contributed by atoms with Crippen molar-refractivity contribution in [1.29, 1.82) is 0 Å². The summed E-state index contributed by atoms with van der Waals surface area (Å²) in [5, 5.41) is 4.37. The molecular formula is C12H15BrN2S. The molecular weight excluding hydrogens is 284 g/mol. The largest absolute Gasteiger partial charge is 0.361 e. The summed E-state index contributed by atoms with van der Waals surface area (Å²) < 4.78 is 2.41. The molecule has 0 aliphatic rings. The van der Waals surface area contributed by atoms with Gasteiger partial charge < -0.3 is 5.32 Å². The summed E-state index contributed by atoms with van der Waals surface area (Å²) in [7, 11) is 0. The highest BCUT2D eigenvalue weighted by atomic mass is 79.9. The quantitative estimate of drug-likeness (QED) is 0.902. The Bertz CT molecular complexity index is 519. The van der Waals surface area contributed by atoms with Crippen molar-refractivity contribution in [3.8, 4) is 0 Å². The van der Waals surface area contributed by atoms with Crippen LogP contribution in [0, 0.1) is 13.8 Å². The second kappa shape index (κ2) is 4.72. The highest BCUT2D eigenvalue weighted by Gasteiger charge is 2.10. The number of nitrogens with one attached hydrogen (secondary N) is 1. The second-order valence-electron chi connectivity index (χ2n) is 3.90. The summed E-state index contributed by atoms with van der Waals surface area (Å²) in [4.78, 5) is 4.64. The Kier molecular flexibility index (Phi) is 3.50. The van der Waals surface area contributed by atoms with E-state index in [2.05, 4.69) is 53.1 Å². The maximum absolute atomic E-state index is 4.64. The molecule has 0 saturated carbocycles. The number of fused-ring (bicyclic) bond motifs is 1. The number of anilines is 1. The molecule has 16 heavy (non-hydrogen) atoms. The van der Waals surface area contributed by atoms with Crippen molar-refractivity contribution >= 4 is 42.6 Å². The van der Waals surface area contributed by atoms with Crippen LogP contribution in [0.3, 0.4) is 0 Å². The number of halogens is 1. The van der Waals surface area contributed by atoms with E-state index in [1.807, 2.05) is 0 Å². The molecule has 86 valence electrons. The average molecular weight is 299 g/mol. The van der Waals surface area contributed by atoms with E-state index >= 15 is 0 Å². The van der Waals surface area contributed by atoms with Gasteiger partial charge in [0.1, 0.15) is 0 Å². The van der Waals surface area contributed by atoms with Crippen molar-refractivity contribution in [2.24, 2.45) is 0 Å². The molecule has 0 radical (unpaired) electrons. The fraction of sp³-hybridized carbons (Fsp3) is 0.417. The van der Waals surface area contributed by atoms with Gasteiger partial charge in [-0.2, -0.15) is 0 Å². The predicted molar refractivity (Wildman–Crippen MR) is 75.6 cm³/mol. The van der Waals surface area contributed by atoms with Gasteiger partial charge in [0.05, 0.1) is 10.2 Å².